The van der Waals surface area contributed by atoms with Gasteiger partial charge in [-0.1, -0.05) is 57.4 Å². The van der Waals surface area contributed by atoms with Gasteiger partial charge >= 0.3 is 0 Å². The van der Waals surface area contributed by atoms with E-state index >= 15 is 0 Å². The van der Waals surface area contributed by atoms with E-state index in [9.17, 15) is 8.76 Å². The van der Waals surface area contributed by atoms with Crippen LogP contribution in [0.3, 0.4) is 0 Å². The molecule has 0 aromatic heterocycles. The van der Waals surface area contributed by atoms with Crippen LogP contribution < -0.4 is 4.72 Å². The van der Waals surface area contributed by atoms with Gasteiger partial charge in [0.2, 0.25) is 0 Å². The van der Waals surface area contributed by atoms with Crippen LogP contribution >= 0.6 is 0 Å². The highest BCUT2D eigenvalue weighted by atomic mass is 32.2. The maximum atomic E-state index is 10.8. The largest absolute Gasteiger partial charge is 0.760 e. The number of hydrogen-bond acceptors (Lipinski definition) is 3. The Balaban J connectivity index is 1.55. The van der Waals surface area contributed by atoms with Crippen molar-refractivity contribution in [1.29, 1.82) is 0 Å². The third-order valence-corrected chi connectivity index (χ3v) is 7.14. The van der Waals surface area contributed by atoms with Gasteiger partial charge in [0, 0.05) is 35.8 Å². The molecule has 3 rings (SSSR count). The van der Waals surface area contributed by atoms with Crippen LogP contribution in [0.2, 0.25) is 0 Å². The Kier molecular flexibility index (Phi) is 6.54. The zero-order valence-electron chi connectivity index (χ0n) is 16.4. The zero-order chi connectivity index (χ0) is 18.7. The molecule has 1 saturated heterocycles. The summed E-state index contributed by atoms with van der Waals surface area (Å²) in [4.78, 5) is 2.66. The van der Waals surface area contributed by atoms with Gasteiger partial charge in [-0.3, -0.25) is 4.21 Å². The van der Waals surface area contributed by atoms with Crippen molar-refractivity contribution in [3.8, 4) is 0 Å². The van der Waals surface area contributed by atoms with E-state index in [4.69, 9.17) is 0 Å². The summed E-state index contributed by atoms with van der Waals surface area (Å²) >= 11 is -2.20. The molecular formula is C21H33N2O2S-. The Hall–Kier alpha value is -0.750. The first-order valence-corrected chi connectivity index (χ1v) is 11.2. The number of unbranched alkanes of at least 4 members (excludes halogenated alkanes) is 3. The third kappa shape index (κ3) is 4.38. The van der Waals surface area contributed by atoms with Gasteiger partial charge in [0.05, 0.1) is 0 Å². The van der Waals surface area contributed by atoms with Crippen LogP contribution in [0.15, 0.2) is 24.3 Å². The molecule has 0 radical (unpaired) electrons. The predicted octanol–water partition coefficient (Wildman–Crippen LogP) is 3.40. The van der Waals surface area contributed by atoms with E-state index in [0.29, 0.717) is 5.41 Å². The van der Waals surface area contributed by atoms with Crippen molar-refractivity contribution in [1.82, 2.24) is 9.62 Å². The monoisotopic (exact) mass is 377 g/mol. The van der Waals surface area contributed by atoms with Crippen molar-refractivity contribution < 1.29 is 8.76 Å². The molecule has 1 aromatic rings. The number of benzene rings is 1. The molecule has 0 bridgehead atoms. The van der Waals surface area contributed by atoms with Crippen LogP contribution in [0.5, 0.6) is 0 Å². The average molecular weight is 378 g/mol. The van der Waals surface area contributed by atoms with Crippen LogP contribution in [-0.2, 0) is 23.1 Å². The Morgan fingerprint density at radius 3 is 2.69 bits per heavy atom. The van der Waals surface area contributed by atoms with E-state index in [0.717, 1.165) is 18.3 Å². The number of nitrogens with zero attached hydrogens (tertiary/aromatic N) is 1. The molecule has 2 fully saturated rings. The van der Waals surface area contributed by atoms with Crippen LogP contribution in [0.4, 0.5) is 0 Å². The Bertz CT molecular complexity index is 624. The lowest BCUT2D eigenvalue weighted by atomic mass is 9.90. The van der Waals surface area contributed by atoms with E-state index in [1.807, 2.05) is 6.92 Å². The van der Waals surface area contributed by atoms with E-state index in [2.05, 4.69) is 47.7 Å². The minimum atomic E-state index is -2.20. The first-order chi connectivity index (χ1) is 12.4. The SMILES string of the molecule is CCCCCCN1CC2C(C1)C2(C)c1cccc(CC(C)NS(=O)[O-])c1. The summed E-state index contributed by atoms with van der Waals surface area (Å²) in [6, 6.07) is 8.73. The Labute approximate surface area is 161 Å². The van der Waals surface area contributed by atoms with Crippen molar-refractivity contribution >= 4 is 11.3 Å². The molecule has 0 amide bonds. The summed E-state index contributed by atoms with van der Waals surface area (Å²) in [7, 11) is 0. The number of nitrogens with one attached hydrogen (secondary N) is 1. The fourth-order valence-corrected chi connectivity index (χ4v) is 5.34. The summed E-state index contributed by atoms with van der Waals surface area (Å²) in [5, 5.41) is 0. The maximum Gasteiger partial charge on any atom is 0.0196 e. The second kappa shape index (κ2) is 8.51. The molecular weight excluding hydrogens is 344 g/mol. The second-order valence-electron chi connectivity index (χ2n) is 8.47. The Morgan fingerprint density at radius 1 is 1.31 bits per heavy atom. The molecule has 5 heteroatoms. The summed E-state index contributed by atoms with van der Waals surface area (Å²) in [5.74, 6) is 1.57. The van der Waals surface area contributed by atoms with Crippen molar-refractivity contribution in [2.75, 3.05) is 19.6 Å². The average Bonchev–Trinajstić information content (AvgIpc) is 2.93. The first-order valence-electron chi connectivity index (χ1n) is 10.1. The van der Waals surface area contributed by atoms with Crippen molar-refractivity contribution in [2.24, 2.45) is 11.8 Å². The summed E-state index contributed by atoms with van der Waals surface area (Å²) in [6.45, 7) is 10.3. The minimum Gasteiger partial charge on any atom is -0.760 e. The fourth-order valence-electron chi connectivity index (χ4n) is 4.93. The maximum absolute atomic E-state index is 10.8. The van der Waals surface area contributed by atoms with Crippen LogP contribution in [-0.4, -0.2) is 39.3 Å². The summed E-state index contributed by atoms with van der Waals surface area (Å²) in [6.07, 6.45) is 6.10. The number of likely N-dealkylation sites (tertiary alicyclic amines) is 1. The molecule has 1 aliphatic heterocycles. The Morgan fingerprint density at radius 2 is 2.04 bits per heavy atom. The van der Waals surface area contributed by atoms with Crippen LogP contribution in [0.25, 0.3) is 0 Å². The molecule has 4 nitrogen and oxygen atoms in total. The fraction of sp³-hybridized carbons (Fsp3) is 0.714. The van der Waals surface area contributed by atoms with Gasteiger partial charge < -0.3 is 9.45 Å². The second-order valence-corrected chi connectivity index (χ2v) is 9.18. The van der Waals surface area contributed by atoms with Gasteiger partial charge in [-0.2, -0.15) is 0 Å². The van der Waals surface area contributed by atoms with E-state index in [1.54, 1.807) is 0 Å². The highest BCUT2D eigenvalue weighted by Gasteiger charge is 2.65. The number of fused-ring (bicyclic) bond motifs is 1. The molecule has 2 aliphatic rings. The zero-order valence-corrected chi connectivity index (χ0v) is 17.2. The predicted molar refractivity (Wildman–Crippen MR) is 107 cm³/mol. The molecule has 26 heavy (non-hydrogen) atoms. The van der Waals surface area contributed by atoms with Gasteiger partial charge in [-0.15, -0.1) is 0 Å². The highest BCUT2D eigenvalue weighted by molar-refractivity contribution is 7.77. The molecule has 146 valence electrons. The first kappa shape index (κ1) is 20.0. The molecule has 1 heterocycles. The molecule has 1 aromatic carbocycles. The third-order valence-electron chi connectivity index (χ3n) is 6.54. The van der Waals surface area contributed by atoms with Crippen molar-refractivity contribution in [3.63, 3.8) is 0 Å². The van der Waals surface area contributed by atoms with E-state index in [1.165, 1.54) is 56.4 Å². The lowest BCUT2D eigenvalue weighted by Gasteiger charge is -2.25. The van der Waals surface area contributed by atoms with Gasteiger partial charge in [0.15, 0.2) is 0 Å². The smallest absolute Gasteiger partial charge is 0.0196 e. The minimum absolute atomic E-state index is 0.0753. The van der Waals surface area contributed by atoms with E-state index in [-0.39, 0.29) is 6.04 Å². The standard InChI is InChI=1S/C21H34N2O2S/c1-4-5-6-7-11-23-14-19-20(15-23)21(19,3)18-10-8-9-17(13-18)12-16(2)22-26(24)25/h8-10,13,16,19-20,22H,4-7,11-12,14-15H2,1-3H3,(H,24,25)/p-1. The normalized spacial score (nSPS) is 30.2. The topological polar surface area (TPSA) is 55.4 Å². The molecule has 1 aliphatic carbocycles. The van der Waals surface area contributed by atoms with Gasteiger partial charge in [0.25, 0.3) is 0 Å². The van der Waals surface area contributed by atoms with Gasteiger partial charge in [-0.25, -0.2) is 4.72 Å². The summed E-state index contributed by atoms with van der Waals surface area (Å²) in [5.41, 5.74) is 2.97. The molecule has 0 spiro atoms. The number of rotatable bonds is 10. The van der Waals surface area contributed by atoms with Crippen molar-refractivity contribution in [3.05, 3.63) is 35.4 Å². The molecule has 1 saturated carbocycles. The van der Waals surface area contributed by atoms with E-state index < -0.39 is 11.3 Å². The molecule has 1 N–H and O–H groups in total. The highest BCUT2D eigenvalue weighted by Crippen LogP contribution is 2.63. The lowest BCUT2D eigenvalue weighted by molar-refractivity contribution is 0.271. The lowest BCUT2D eigenvalue weighted by Crippen LogP contribution is -2.30. The van der Waals surface area contributed by atoms with Gasteiger partial charge in [0.1, 0.15) is 0 Å². The van der Waals surface area contributed by atoms with Crippen LogP contribution in [0, 0.1) is 11.8 Å². The quantitative estimate of drug-likeness (QED) is 0.502. The molecule has 4 atom stereocenters. The number of piperidine rings is 1. The summed E-state index contributed by atoms with van der Waals surface area (Å²) < 4.78 is 24.1. The van der Waals surface area contributed by atoms with Gasteiger partial charge in [-0.05, 0) is 49.3 Å². The number of hydrogen-bond donors (Lipinski definition) is 1. The molecule has 4 unspecified atom stereocenters. The van der Waals surface area contributed by atoms with Crippen molar-refractivity contribution in [2.45, 2.75) is 64.3 Å². The van der Waals surface area contributed by atoms with Crippen LogP contribution in [0.1, 0.15) is 57.6 Å².